The van der Waals surface area contributed by atoms with Crippen LogP contribution in [-0.4, -0.2) is 27.4 Å². The maximum absolute atomic E-state index is 13.5. The van der Waals surface area contributed by atoms with Crippen LogP contribution < -0.4 is 10.6 Å². The number of benzene rings is 2. The molecule has 0 fully saturated rings. The van der Waals surface area contributed by atoms with Crippen molar-refractivity contribution in [2.45, 2.75) is 29.2 Å². The van der Waals surface area contributed by atoms with Crippen molar-refractivity contribution in [3.63, 3.8) is 0 Å². The third kappa shape index (κ3) is 3.29. The first kappa shape index (κ1) is 18.6. The minimum Gasteiger partial charge on any atom is -0.459 e. The molecule has 2 heterocycles. The highest BCUT2D eigenvalue weighted by molar-refractivity contribution is 7.91. The third-order valence-electron chi connectivity index (χ3n) is 4.85. The maximum atomic E-state index is 13.5. The first-order valence-corrected chi connectivity index (χ1v) is 10.4. The number of hydrogen-bond donors (Lipinski definition) is 2. The Morgan fingerprint density at radius 1 is 1.25 bits per heavy atom. The molecule has 146 valence electrons. The maximum Gasteiger partial charge on any atom is 0.216 e. The van der Waals surface area contributed by atoms with Gasteiger partial charge in [-0.25, -0.2) is 12.8 Å². The number of furan rings is 1. The molecule has 3 aromatic rings. The molecule has 0 aliphatic carbocycles. The number of nitrogens with one attached hydrogen (secondary N) is 2. The van der Waals surface area contributed by atoms with Crippen LogP contribution in [0, 0.1) is 5.82 Å². The van der Waals surface area contributed by atoms with Gasteiger partial charge in [-0.05, 0) is 42.8 Å². The van der Waals surface area contributed by atoms with Crippen LogP contribution >= 0.6 is 0 Å². The molecular weight excluding hydrogens is 383 g/mol. The summed E-state index contributed by atoms with van der Waals surface area (Å²) in [6, 6.07) is 9.46. The van der Waals surface area contributed by atoms with Crippen molar-refractivity contribution < 1.29 is 22.0 Å². The average Bonchev–Trinajstić information content (AvgIpc) is 3.05. The lowest BCUT2D eigenvalue weighted by atomic mass is 9.99. The molecular formula is C20H19FN2O4S. The van der Waals surface area contributed by atoms with Gasteiger partial charge in [0.2, 0.25) is 15.7 Å². The van der Waals surface area contributed by atoms with E-state index in [1.54, 1.807) is 12.1 Å². The summed E-state index contributed by atoms with van der Waals surface area (Å²) >= 11 is 0. The highest BCUT2D eigenvalue weighted by Gasteiger charge is 2.27. The van der Waals surface area contributed by atoms with E-state index in [2.05, 4.69) is 10.6 Å². The first-order chi connectivity index (χ1) is 13.4. The van der Waals surface area contributed by atoms with Gasteiger partial charge in [0.05, 0.1) is 15.8 Å². The summed E-state index contributed by atoms with van der Waals surface area (Å²) in [4.78, 5) is 11.2. The van der Waals surface area contributed by atoms with Gasteiger partial charge in [-0.1, -0.05) is 6.07 Å². The lowest BCUT2D eigenvalue weighted by molar-refractivity contribution is -0.119. The highest BCUT2D eigenvalue weighted by atomic mass is 32.2. The van der Waals surface area contributed by atoms with Crippen LogP contribution in [0.15, 0.2) is 56.7 Å². The first-order valence-electron chi connectivity index (χ1n) is 8.90. The van der Waals surface area contributed by atoms with Crippen molar-refractivity contribution in [2.24, 2.45) is 0 Å². The Hall–Kier alpha value is -2.71. The molecule has 0 radical (unpaired) electrons. The molecule has 28 heavy (non-hydrogen) atoms. The number of carbonyl (C=O) groups excluding carboxylic acids is 1. The molecule has 1 aliphatic heterocycles. The normalized spacial score (nSPS) is 16.7. The van der Waals surface area contributed by atoms with Crippen molar-refractivity contribution in [3.8, 4) is 0 Å². The van der Waals surface area contributed by atoms with Gasteiger partial charge in [0, 0.05) is 31.0 Å². The van der Waals surface area contributed by atoms with Crippen molar-refractivity contribution >= 4 is 26.7 Å². The summed E-state index contributed by atoms with van der Waals surface area (Å²) in [5.41, 5.74) is 1.51. The summed E-state index contributed by atoms with van der Waals surface area (Å²) in [7, 11) is -3.85. The Morgan fingerprint density at radius 3 is 2.79 bits per heavy atom. The van der Waals surface area contributed by atoms with Gasteiger partial charge < -0.3 is 15.1 Å². The Bertz CT molecular complexity index is 1170. The van der Waals surface area contributed by atoms with E-state index in [1.165, 1.54) is 31.2 Å². The Labute approximate surface area is 161 Å². The van der Waals surface area contributed by atoms with E-state index in [0.717, 1.165) is 17.0 Å². The molecule has 1 amide bonds. The van der Waals surface area contributed by atoms with Gasteiger partial charge in [-0.2, -0.15) is 0 Å². The second-order valence-electron chi connectivity index (χ2n) is 6.76. The Kier molecular flexibility index (Phi) is 4.68. The summed E-state index contributed by atoms with van der Waals surface area (Å²) in [6.45, 7) is 2.52. The van der Waals surface area contributed by atoms with Crippen LogP contribution in [-0.2, 0) is 21.1 Å². The van der Waals surface area contributed by atoms with Gasteiger partial charge in [-0.3, -0.25) is 4.79 Å². The van der Waals surface area contributed by atoms with Gasteiger partial charge >= 0.3 is 0 Å². The number of carbonyl (C=O) groups is 1. The minimum absolute atomic E-state index is 0.0885. The second kappa shape index (κ2) is 7.03. The summed E-state index contributed by atoms with van der Waals surface area (Å²) < 4.78 is 45.3. The quantitative estimate of drug-likeness (QED) is 0.701. The molecule has 1 unspecified atom stereocenters. The molecule has 0 saturated carbocycles. The fourth-order valence-corrected chi connectivity index (χ4v) is 4.82. The summed E-state index contributed by atoms with van der Waals surface area (Å²) in [6.07, 6.45) is 0.683. The fraction of sp³-hybridized carbons (Fsp3) is 0.250. The average molecular weight is 402 g/mol. The van der Waals surface area contributed by atoms with E-state index < -0.39 is 15.7 Å². The van der Waals surface area contributed by atoms with Crippen LogP contribution in [0.5, 0.6) is 0 Å². The predicted octanol–water partition coefficient (Wildman–Crippen LogP) is 2.73. The highest BCUT2D eigenvalue weighted by Crippen LogP contribution is 2.35. The van der Waals surface area contributed by atoms with E-state index in [9.17, 15) is 17.6 Å². The van der Waals surface area contributed by atoms with Crippen molar-refractivity contribution in [1.82, 2.24) is 10.6 Å². The molecule has 2 N–H and O–H groups in total. The van der Waals surface area contributed by atoms with Crippen molar-refractivity contribution in [2.75, 3.05) is 13.1 Å². The smallest absolute Gasteiger partial charge is 0.216 e. The molecule has 0 saturated heterocycles. The molecule has 6 nitrogen and oxygen atoms in total. The van der Waals surface area contributed by atoms with E-state index >= 15 is 0 Å². The number of rotatable bonds is 4. The third-order valence-corrected chi connectivity index (χ3v) is 6.60. The van der Waals surface area contributed by atoms with E-state index in [-0.39, 0.29) is 21.7 Å². The topological polar surface area (TPSA) is 88.4 Å². The van der Waals surface area contributed by atoms with E-state index in [1.807, 2.05) is 0 Å². The lowest BCUT2D eigenvalue weighted by Crippen LogP contribution is -2.37. The molecule has 1 aromatic heterocycles. The molecule has 0 bridgehead atoms. The molecule has 1 aliphatic rings. The van der Waals surface area contributed by atoms with Crippen LogP contribution in [0.1, 0.15) is 24.3 Å². The standard InChI is InChI=1S/C20H19FN2O4S/c1-12(24)23-11-18-20-16(7-8-22-18)17-10-15(5-6-19(17)27-20)28(25,26)14-4-2-3-13(21)9-14/h2-6,9-10,18,22H,7-8,11H2,1H3,(H,23,24). The van der Waals surface area contributed by atoms with Gasteiger partial charge in [0.1, 0.15) is 17.2 Å². The fourth-order valence-electron chi connectivity index (χ4n) is 3.50. The molecule has 2 aromatic carbocycles. The monoisotopic (exact) mass is 402 g/mol. The van der Waals surface area contributed by atoms with Crippen LogP contribution in [0.4, 0.5) is 4.39 Å². The van der Waals surface area contributed by atoms with Crippen molar-refractivity contribution in [1.29, 1.82) is 0 Å². The zero-order valence-corrected chi connectivity index (χ0v) is 16.0. The zero-order chi connectivity index (χ0) is 19.9. The minimum atomic E-state index is -3.85. The van der Waals surface area contributed by atoms with Crippen LogP contribution in [0.3, 0.4) is 0 Å². The van der Waals surface area contributed by atoms with Gasteiger partial charge in [0.15, 0.2) is 0 Å². The lowest BCUT2D eigenvalue weighted by Gasteiger charge is -2.22. The second-order valence-corrected chi connectivity index (χ2v) is 8.71. The molecule has 4 rings (SSSR count). The SMILES string of the molecule is CC(=O)NCC1NCCc2c1oc1ccc(S(=O)(=O)c3cccc(F)c3)cc21. The van der Waals surface area contributed by atoms with Crippen LogP contribution in [0.2, 0.25) is 0 Å². The van der Waals surface area contributed by atoms with Crippen LogP contribution in [0.25, 0.3) is 11.0 Å². The van der Waals surface area contributed by atoms with E-state index in [4.69, 9.17) is 4.42 Å². The van der Waals surface area contributed by atoms with E-state index in [0.29, 0.717) is 30.9 Å². The van der Waals surface area contributed by atoms with Gasteiger partial charge in [-0.15, -0.1) is 0 Å². The van der Waals surface area contributed by atoms with Gasteiger partial charge in [0.25, 0.3) is 0 Å². The largest absolute Gasteiger partial charge is 0.459 e. The Balaban J connectivity index is 1.77. The molecule has 0 spiro atoms. The number of hydrogen-bond acceptors (Lipinski definition) is 5. The summed E-state index contributed by atoms with van der Waals surface area (Å²) in [5.74, 6) is -0.0291. The number of fused-ring (bicyclic) bond motifs is 3. The zero-order valence-electron chi connectivity index (χ0n) is 15.2. The Morgan fingerprint density at radius 2 is 2.04 bits per heavy atom. The predicted molar refractivity (Wildman–Crippen MR) is 101 cm³/mol. The molecule has 8 heteroatoms. The van der Waals surface area contributed by atoms with Crippen molar-refractivity contribution in [3.05, 3.63) is 59.6 Å². The number of sulfone groups is 1. The molecule has 1 atom stereocenters. The number of halogens is 1. The number of amides is 1. The summed E-state index contributed by atoms with van der Waals surface area (Å²) in [5, 5.41) is 6.79.